The summed E-state index contributed by atoms with van der Waals surface area (Å²) in [5.74, 6) is 1.51. The largest absolute Gasteiger partial charge is 0.493 e. The Morgan fingerprint density at radius 3 is 2.62 bits per heavy atom. The zero-order valence-corrected chi connectivity index (χ0v) is 16.2. The third-order valence-corrected chi connectivity index (χ3v) is 5.09. The molecule has 0 radical (unpaired) electrons. The number of nitrogens with zero attached hydrogens (tertiary/aromatic N) is 1. The number of ether oxygens (including phenoxy) is 2. The molecule has 1 heterocycles. The first-order chi connectivity index (χ1) is 12.7. The SMILES string of the molecule is COc1cc(C(C)NCc2cnc(C)s2)ccc1OCc1ccccc1. The van der Waals surface area contributed by atoms with E-state index in [9.17, 15) is 0 Å². The van der Waals surface area contributed by atoms with E-state index in [1.807, 2.05) is 55.6 Å². The predicted molar refractivity (Wildman–Crippen MR) is 106 cm³/mol. The summed E-state index contributed by atoms with van der Waals surface area (Å²) in [4.78, 5) is 5.53. The Labute approximate surface area is 158 Å². The highest BCUT2D eigenvalue weighted by Gasteiger charge is 2.11. The molecule has 3 aromatic rings. The van der Waals surface area contributed by atoms with Crippen molar-refractivity contribution in [3.63, 3.8) is 0 Å². The highest BCUT2D eigenvalue weighted by molar-refractivity contribution is 7.11. The normalized spacial score (nSPS) is 12.0. The van der Waals surface area contributed by atoms with Gasteiger partial charge in [0.2, 0.25) is 0 Å². The first kappa shape index (κ1) is 18.4. The van der Waals surface area contributed by atoms with Crippen LogP contribution in [0, 0.1) is 6.92 Å². The van der Waals surface area contributed by atoms with Crippen molar-refractivity contribution in [1.82, 2.24) is 10.3 Å². The summed E-state index contributed by atoms with van der Waals surface area (Å²) in [5, 5.41) is 4.62. The van der Waals surface area contributed by atoms with Gasteiger partial charge in [-0.15, -0.1) is 11.3 Å². The van der Waals surface area contributed by atoms with Gasteiger partial charge in [-0.05, 0) is 37.1 Å². The van der Waals surface area contributed by atoms with Crippen LogP contribution in [0.3, 0.4) is 0 Å². The lowest BCUT2D eigenvalue weighted by Crippen LogP contribution is -2.17. The van der Waals surface area contributed by atoms with Crippen LogP contribution in [0.4, 0.5) is 0 Å². The number of benzene rings is 2. The van der Waals surface area contributed by atoms with Crippen molar-refractivity contribution in [2.75, 3.05) is 7.11 Å². The molecule has 26 heavy (non-hydrogen) atoms. The van der Waals surface area contributed by atoms with Crippen molar-refractivity contribution in [1.29, 1.82) is 0 Å². The molecule has 0 aliphatic heterocycles. The highest BCUT2D eigenvalue weighted by atomic mass is 32.1. The lowest BCUT2D eigenvalue weighted by molar-refractivity contribution is 0.284. The van der Waals surface area contributed by atoms with Gasteiger partial charge in [0.05, 0.1) is 12.1 Å². The number of nitrogens with one attached hydrogen (secondary N) is 1. The molecule has 0 fully saturated rings. The lowest BCUT2D eigenvalue weighted by atomic mass is 10.1. The molecular weight excluding hydrogens is 344 g/mol. The fourth-order valence-corrected chi connectivity index (χ4v) is 3.41. The van der Waals surface area contributed by atoms with Crippen LogP contribution in [0.2, 0.25) is 0 Å². The van der Waals surface area contributed by atoms with E-state index in [0.717, 1.165) is 34.2 Å². The van der Waals surface area contributed by atoms with Gasteiger partial charge < -0.3 is 14.8 Å². The summed E-state index contributed by atoms with van der Waals surface area (Å²) >= 11 is 1.72. The second-order valence-corrected chi connectivity index (χ2v) is 7.45. The number of thiazole rings is 1. The van der Waals surface area contributed by atoms with Crippen molar-refractivity contribution in [2.45, 2.75) is 33.0 Å². The number of aryl methyl sites for hydroxylation is 1. The summed E-state index contributed by atoms with van der Waals surface area (Å²) in [5.41, 5.74) is 2.30. The second-order valence-electron chi connectivity index (χ2n) is 6.13. The molecule has 2 aromatic carbocycles. The van der Waals surface area contributed by atoms with Gasteiger partial charge in [0.15, 0.2) is 11.5 Å². The lowest BCUT2D eigenvalue weighted by Gasteiger charge is -2.17. The van der Waals surface area contributed by atoms with Crippen LogP contribution >= 0.6 is 11.3 Å². The molecule has 5 heteroatoms. The molecule has 0 saturated heterocycles. The van der Waals surface area contributed by atoms with Crippen molar-refractivity contribution in [3.8, 4) is 11.5 Å². The van der Waals surface area contributed by atoms with Gasteiger partial charge in [0.25, 0.3) is 0 Å². The van der Waals surface area contributed by atoms with Crippen LogP contribution in [0.5, 0.6) is 11.5 Å². The molecule has 1 aromatic heterocycles. The Morgan fingerprint density at radius 2 is 1.92 bits per heavy atom. The fraction of sp³-hybridized carbons (Fsp3) is 0.286. The number of rotatable bonds is 8. The zero-order valence-electron chi connectivity index (χ0n) is 15.4. The molecule has 0 aliphatic rings. The number of aromatic nitrogens is 1. The zero-order chi connectivity index (χ0) is 18.4. The maximum absolute atomic E-state index is 5.93. The first-order valence-corrected chi connectivity index (χ1v) is 9.46. The first-order valence-electron chi connectivity index (χ1n) is 8.65. The molecule has 1 atom stereocenters. The molecule has 0 aliphatic carbocycles. The Hall–Kier alpha value is -2.37. The quantitative estimate of drug-likeness (QED) is 0.615. The second kappa shape index (κ2) is 8.83. The van der Waals surface area contributed by atoms with Gasteiger partial charge in [-0.3, -0.25) is 0 Å². The number of hydrogen-bond acceptors (Lipinski definition) is 5. The Bertz CT molecular complexity index is 833. The third kappa shape index (κ3) is 4.84. The van der Waals surface area contributed by atoms with Crippen LogP contribution in [0.25, 0.3) is 0 Å². The molecule has 4 nitrogen and oxygen atoms in total. The van der Waals surface area contributed by atoms with E-state index in [1.54, 1.807) is 18.4 Å². The van der Waals surface area contributed by atoms with Gasteiger partial charge in [0.1, 0.15) is 6.61 Å². The summed E-state index contributed by atoms with van der Waals surface area (Å²) in [6, 6.07) is 16.4. The molecule has 0 amide bonds. The van der Waals surface area contributed by atoms with Gasteiger partial charge >= 0.3 is 0 Å². The summed E-state index contributed by atoms with van der Waals surface area (Å²) in [7, 11) is 1.67. The van der Waals surface area contributed by atoms with E-state index in [1.165, 1.54) is 4.88 Å². The average molecular weight is 369 g/mol. The fourth-order valence-electron chi connectivity index (χ4n) is 2.67. The summed E-state index contributed by atoms with van der Waals surface area (Å²) < 4.78 is 11.5. The van der Waals surface area contributed by atoms with E-state index in [4.69, 9.17) is 9.47 Å². The maximum atomic E-state index is 5.93. The van der Waals surface area contributed by atoms with Crippen LogP contribution in [0.15, 0.2) is 54.7 Å². The molecule has 0 bridgehead atoms. The van der Waals surface area contributed by atoms with Gasteiger partial charge in [0, 0.05) is 23.7 Å². The topological polar surface area (TPSA) is 43.4 Å². The van der Waals surface area contributed by atoms with E-state index in [0.29, 0.717) is 6.61 Å². The summed E-state index contributed by atoms with van der Waals surface area (Å²) in [6.45, 7) is 5.50. The molecule has 1 N–H and O–H groups in total. The minimum absolute atomic E-state index is 0.203. The Morgan fingerprint density at radius 1 is 1.12 bits per heavy atom. The monoisotopic (exact) mass is 368 g/mol. The molecule has 136 valence electrons. The molecule has 1 unspecified atom stereocenters. The van der Waals surface area contributed by atoms with Crippen LogP contribution in [0.1, 0.15) is 34.0 Å². The molecule has 3 rings (SSSR count). The highest BCUT2D eigenvalue weighted by Crippen LogP contribution is 2.31. The van der Waals surface area contributed by atoms with Gasteiger partial charge in [-0.2, -0.15) is 0 Å². The molecule has 0 spiro atoms. The number of methoxy groups -OCH3 is 1. The van der Waals surface area contributed by atoms with Gasteiger partial charge in [-0.25, -0.2) is 4.98 Å². The Balaban J connectivity index is 1.63. The van der Waals surface area contributed by atoms with Gasteiger partial charge in [-0.1, -0.05) is 36.4 Å². The van der Waals surface area contributed by atoms with Crippen molar-refractivity contribution in [3.05, 3.63) is 75.7 Å². The predicted octanol–water partition coefficient (Wildman–Crippen LogP) is 4.89. The number of hydrogen-bond donors (Lipinski definition) is 1. The van der Waals surface area contributed by atoms with E-state index >= 15 is 0 Å². The van der Waals surface area contributed by atoms with E-state index < -0.39 is 0 Å². The standard InChI is InChI=1S/C21H24N2O2S/c1-15(22-12-19-13-23-16(2)26-19)18-9-10-20(21(11-18)24-3)25-14-17-7-5-4-6-8-17/h4-11,13,15,22H,12,14H2,1-3H3. The summed E-state index contributed by atoms with van der Waals surface area (Å²) in [6.07, 6.45) is 1.93. The van der Waals surface area contributed by atoms with Crippen LogP contribution in [-0.4, -0.2) is 12.1 Å². The van der Waals surface area contributed by atoms with E-state index in [-0.39, 0.29) is 6.04 Å². The van der Waals surface area contributed by atoms with Crippen molar-refractivity contribution in [2.24, 2.45) is 0 Å². The Kier molecular flexibility index (Phi) is 6.26. The smallest absolute Gasteiger partial charge is 0.161 e. The van der Waals surface area contributed by atoms with Crippen molar-refractivity contribution < 1.29 is 9.47 Å². The minimum Gasteiger partial charge on any atom is -0.493 e. The van der Waals surface area contributed by atoms with Crippen molar-refractivity contribution >= 4 is 11.3 Å². The van der Waals surface area contributed by atoms with E-state index in [2.05, 4.69) is 23.3 Å². The molecular formula is C21H24N2O2S. The third-order valence-electron chi connectivity index (χ3n) is 4.18. The van der Waals surface area contributed by atoms with Crippen LogP contribution in [-0.2, 0) is 13.2 Å². The molecule has 0 saturated carbocycles. The van der Waals surface area contributed by atoms with Crippen LogP contribution < -0.4 is 14.8 Å². The minimum atomic E-state index is 0.203. The maximum Gasteiger partial charge on any atom is 0.161 e. The average Bonchev–Trinajstić information content (AvgIpc) is 3.10.